The molecule has 1 saturated heterocycles. The molecule has 3 aliphatic heterocycles. The maximum Gasteiger partial charge on any atom is 0.423 e. The average Bonchev–Trinajstić information content (AvgIpc) is 3.59. The minimum absolute atomic E-state index is 0.0310. The minimum atomic E-state index is -5.25. The molecule has 2 atom stereocenters. The molecule has 3 aliphatic rings. The predicted octanol–water partition coefficient (Wildman–Crippen LogP) is 5.38. The van der Waals surface area contributed by atoms with Crippen LogP contribution < -0.4 is 20.4 Å². The number of hydrogen-bond acceptors (Lipinski definition) is 4. The molecule has 0 unspecified atom stereocenters. The standard InChI is InChI=1S/C28H20ClF5N4O4/c29-19-5-3-13(30)8-16(19)24-23-17(25(40)36-24)10-15(37-7-1-2-22(37)39)11-20(23)35-26(41)38-12-27(42,28(32,33)34)18-9-14(31)4-6-21(18)38/h3-6,8-11,24,42H,1-2,7,12H2,(H,35,41)(H,36,40)/t24-,27-/m1/s1. The number of urea groups is 1. The van der Waals surface area contributed by atoms with E-state index in [2.05, 4.69) is 10.6 Å². The Morgan fingerprint density at radius 3 is 2.48 bits per heavy atom. The number of amides is 4. The van der Waals surface area contributed by atoms with Crippen LogP contribution in [0.15, 0.2) is 48.5 Å². The van der Waals surface area contributed by atoms with E-state index in [-0.39, 0.29) is 51.1 Å². The first-order valence-corrected chi connectivity index (χ1v) is 13.1. The van der Waals surface area contributed by atoms with E-state index in [1.807, 2.05) is 0 Å². The van der Waals surface area contributed by atoms with Crippen molar-refractivity contribution < 1.29 is 41.4 Å². The Morgan fingerprint density at radius 1 is 1.07 bits per heavy atom. The van der Waals surface area contributed by atoms with Crippen LogP contribution >= 0.6 is 11.6 Å². The molecule has 3 aromatic carbocycles. The van der Waals surface area contributed by atoms with Crippen molar-refractivity contribution in [3.05, 3.63) is 87.4 Å². The van der Waals surface area contributed by atoms with Gasteiger partial charge in [0.2, 0.25) is 11.5 Å². The van der Waals surface area contributed by atoms with E-state index in [9.17, 15) is 41.4 Å². The molecule has 3 N–H and O–H groups in total. The molecule has 0 saturated carbocycles. The number of aliphatic hydroxyl groups is 1. The van der Waals surface area contributed by atoms with E-state index in [4.69, 9.17) is 11.6 Å². The van der Waals surface area contributed by atoms with Gasteiger partial charge in [-0.05, 0) is 55.0 Å². The van der Waals surface area contributed by atoms with Crippen LogP contribution in [0, 0.1) is 11.6 Å². The molecule has 8 nitrogen and oxygen atoms in total. The van der Waals surface area contributed by atoms with Gasteiger partial charge >= 0.3 is 12.2 Å². The van der Waals surface area contributed by atoms with Crippen molar-refractivity contribution in [3.63, 3.8) is 0 Å². The molecule has 0 bridgehead atoms. The topological polar surface area (TPSA) is 102 Å². The van der Waals surface area contributed by atoms with Gasteiger partial charge in [-0.15, -0.1) is 0 Å². The van der Waals surface area contributed by atoms with Crippen molar-refractivity contribution in [2.75, 3.05) is 28.2 Å². The lowest BCUT2D eigenvalue weighted by molar-refractivity contribution is -0.258. The molecule has 3 aromatic rings. The number of hydrogen-bond donors (Lipinski definition) is 3. The zero-order chi connectivity index (χ0) is 30.1. The molecule has 4 amide bonds. The number of fused-ring (bicyclic) bond motifs is 2. The summed E-state index contributed by atoms with van der Waals surface area (Å²) in [5.41, 5.74) is -4.27. The van der Waals surface area contributed by atoms with Gasteiger partial charge < -0.3 is 20.6 Å². The van der Waals surface area contributed by atoms with Crippen molar-refractivity contribution in [3.8, 4) is 0 Å². The summed E-state index contributed by atoms with van der Waals surface area (Å²) >= 11 is 6.32. The molecular formula is C28H20ClF5N4O4. The minimum Gasteiger partial charge on any atom is -0.375 e. The molecular weight excluding hydrogens is 587 g/mol. The van der Waals surface area contributed by atoms with Gasteiger partial charge in [0.15, 0.2) is 0 Å². The van der Waals surface area contributed by atoms with E-state index >= 15 is 0 Å². The number of carbonyl (C=O) groups is 3. The zero-order valence-electron chi connectivity index (χ0n) is 21.4. The van der Waals surface area contributed by atoms with Crippen LogP contribution in [0.4, 0.5) is 43.8 Å². The van der Waals surface area contributed by atoms with Crippen LogP contribution in [-0.4, -0.2) is 42.2 Å². The number of halogens is 6. The van der Waals surface area contributed by atoms with Crippen LogP contribution in [0.25, 0.3) is 0 Å². The van der Waals surface area contributed by atoms with Gasteiger partial charge in [0, 0.05) is 45.9 Å². The van der Waals surface area contributed by atoms with E-state index < -0.39 is 53.5 Å². The summed E-state index contributed by atoms with van der Waals surface area (Å²) in [5.74, 6) is -2.55. The van der Waals surface area contributed by atoms with Gasteiger partial charge in [-0.2, -0.15) is 13.2 Å². The highest BCUT2D eigenvalue weighted by molar-refractivity contribution is 6.31. The summed E-state index contributed by atoms with van der Waals surface area (Å²) in [4.78, 5) is 41.2. The number of rotatable bonds is 3. The quantitative estimate of drug-likeness (QED) is 0.349. The second-order valence-electron chi connectivity index (χ2n) is 10.2. The largest absolute Gasteiger partial charge is 0.423 e. The zero-order valence-corrected chi connectivity index (χ0v) is 22.1. The number of alkyl halides is 3. The Labute approximate surface area is 239 Å². The van der Waals surface area contributed by atoms with Gasteiger partial charge in [0.1, 0.15) is 11.6 Å². The van der Waals surface area contributed by atoms with Crippen molar-refractivity contribution >= 4 is 46.5 Å². The Kier molecular flexibility index (Phi) is 6.42. The first-order chi connectivity index (χ1) is 19.8. The fourth-order valence-corrected chi connectivity index (χ4v) is 5.87. The third-order valence-corrected chi connectivity index (χ3v) is 8.01. The van der Waals surface area contributed by atoms with Crippen molar-refractivity contribution in [2.24, 2.45) is 0 Å². The SMILES string of the molecule is O=C1N[C@H](c2cc(F)ccc2Cl)c2c(NC(=O)N3C[C@](O)(C(F)(F)F)c4cc(F)ccc43)cc(N3CCCC3=O)cc21. The van der Waals surface area contributed by atoms with E-state index in [0.29, 0.717) is 23.9 Å². The van der Waals surface area contributed by atoms with E-state index in [1.165, 1.54) is 23.1 Å². The van der Waals surface area contributed by atoms with Crippen molar-refractivity contribution in [1.82, 2.24) is 5.32 Å². The summed E-state index contributed by atoms with van der Waals surface area (Å²) < 4.78 is 70.0. The average molecular weight is 607 g/mol. The summed E-state index contributed by atoms with van der Waals surface area (Å²) in [7, 11) is 0. The lowest BCUT2D eigenvalue weighted by Crippen LogP contribution is -2.48. The third kappa shape index (κ3) is 4.34. The van der Waals surface area contributed by atoms with Crippen LogP contribution in [0.1, 0.15) is 45.9 Å². The second-order valence-corrected chi connectivity index (χ2v) is 10.6. The molecule has 0 aliphatic carbocycles. The summed E-state index contributed by atoms with van der Waals surface area (Å²) in [6.45, 7) is -0.945. The number of anilines is 3. The van der Waals surface area contributed by atoms with Crippen LogP contribution in [0.5, 0.6) is 0 Å². The summed E-state index contributed by atoms with van der Waals surface area (Å²) in [5, 5.41) is 15.9. The van der Waals surface area contributed by atoms with Gasteiger partial charge in [0.05, 0.1) is 24.0 Å². The van der Waals surface area contributed by atoms with E-state index in [1.54, 1.807) is 0 Å². The Balaban J connectivity index is 1.46. The molecule has 1 fully saturated rings. The fraction of sp³-hybridized carbons (Fsp3) is 0.250. The van der Waals surface area contributed by atoms with Crippen LogP contribution in [-0.2, 0) is 10.4 Å². The highest BCUT2D eigenvalue weighted by Crippen LogP contribution is 2.49. The molecule has 0 spiro atoms. The second kappa shape index (κ2) is 9.66. The monoisotopic (exact) mass is 606 g/mol. The molecule has 6 rings (SSSR count). The summed E-state index contributed by atoms with van der Waals surface area (Å²) in [6, 6.07) is 6.42. The number of benzene rings is 3. The van der Waals surface area contributed by atoms with Gasteiger partial charge in [-0.25, -0.2) is 13.6 Å². The number of β-amino-alcohol motifs (C(OH)–C–C–N with tert-alkyl or cyclic N) is 1. The predicted molar refractivity (Wildman–Crippen MR) is 141 cm³/mol. The Morgan fingerprint density at radius 2 is 1.79 bits per heavy atom. The highest BCUT2D eigenvalue weighted by Gasteiger charge is 2.61. The van der Waals surface area contributed by atoms with Crippen LogP contribution in [0.2, 0.25) is 5.02 Å². The third-order valence-electron chi connectivity index (χ3n) is 7.67. The first kappa shape index (κ1) is 27.9. The Hall–Kier alpha value is -4.23. The maximum atomic E-state index is 14.2. The molecule has 3 heterocycles. The molecule has 0 radical (unpaired) electrons. The fourth-order valence-electron chi connectivity index (χ4n) is 5.65. The lowest BCUT2D eigenvalue weighted by Gasteiger charge is -2.27. The molecule has 218 valence electrons. The molecule has 0 aromatic heterocycles. The highest BCUT2D eigenvalue weighted by atomic mass is 35.5. The first-order valence-electron chi connectivity index (χ1n) is 12.7. The van der Waals surface area contributed by atoms with E-state index in [0.717, 1.165) is 24.3 Å². The van der Waals surface area contributed by atoms with Crippen LogP contribution in [0.3, 0.4) is 0 Å². The van der Waals surface area contributed by atoms with Gasteiger partial charge in [-0.1, -0.05) is 11.6 Å². The van der Waals surface area contributed by atoms with Gasteiger partial charge in [0.25, 0.3) is 5.91 Å². The van der Waals surface area contributed by atoms with Crippen molar-refractivity contribution in [1.29, 1.82) is 0 Å². The number of nitrogens with zero attached hydrogens (tertiary/aromatic N) is 2. The molecule has 14 heteroatoms. The number of nitrogens with one attached hydrogen (secondary N) is 2. The molecule has 42 heavy (non-hydrogen) atoms. The number of carbonyl (C=O) groups excluding carboxylic acids is 3. The smallest absolute Gasteiger partial charge is 0.375 e. The normalized spacial score (nSPS) is 21.5. The maximum absolute atomic E-state index is 14.2. The summed E-state index contributed by atoms with van der Waals surface area (Å²) in [6.07, 6.45) is -4.45. The Bertz CT molecular complexity index is 1680. The van der Waals surface area contributed by atoms with Crippen molar-refractivity contribution in [2.45, 2.75) is 30.7 Å². The lowest BCUT2D eigenvalue weighted by atomic mass is 9.95. The van der Waals surface area contributed by atoms with Gasteiger partial charge in [-0.3, -0.25) is 14.5 Å².